The molecule has 2 rings (SSSR count). The topological polar surface area (TPSA) is 149 Å². The van der Waals surface area contributed by atoms with Crippen LogP contribution in [0, 0.1) is 13.8 Å². The summed E-state index contributed by atoms with van der Waals surface area (Å²) in [4.78, 5) is 12.4. The van der Waals surface area contributed by atoms with Crippen LogP contribution in [-0.2, 0) is 20.0 Å². The monoisotopic (exact) mass is 389 g/mol. The zero-order valence-corrected chi connectivity index (χ0v) is 15.2. The fourth-order valence-corrected chi connectivity index (χ4v) is 4.65. The van der Waals surface area contributed by atoms with Crippen molar-refractivity contribution in [2.75, 3.05) is 5.32 Å². The van der Waals surface area contributed by atoms with Gasteiger partial charge in [0, 0.05) is 5.69 Å². The number of thiophene rings is 1. The second-order valence-corrected chi connectivity index (χ2v) is 9.47. The molecule has 2 aromatic rings. The van der Waals surface area contributed by atoms with Crippen LogP contribution < -0.4 is 15.6 Å². The highest BCUT2D eigenvalue weighted by atomic mass is 32.2. The highest BCUT2D eigenvalue weighted by molar-refractivity contribution is 7.91. The minimum absolute atomic E-state index is 0.103. The predicted octanol–water partition coefficient (Wildman–Crippen LogP) is 0.912. The van der Waals surface area contributed by atoms with Gasteiger partial charge in [-0.25, -0.2) is 27.1 Å². The van der Waals surface area contributed by atoms with Gasteiger partial charge in [0.1, 0.15) is 4.21 Å². The summed E-state index contributed by atoms with van der Waals surface area (Å²) in [6.07, 6.45) is 0. The van der Waals surface area contributed by atoms with Gasteiger partial charge >= 0.3 is 0 Å². The van der Waals surface area contributed by atoms with Crippen molar-refractivity contribution in [1.29, 1.82) is 0 Å². The summed E-state index contributed by atoms with van der Waals surface area (Å²) in [5, 5.41) is 12.7. The first kappa shape index (κ1) is 18.5. The van der Waals surface area contributed by atoms with E-state index in [9.17, 15) is 21.6 Å². The van der Waals surface area contributed by atoms with Crippen molar-refractivity contribution in [2.24, 2.45) is 10.3 Å². The number of rotatable bonds is 4. The number of hydrogen-bond donors (Lipinski definition) is 3. The maximum atomic E-state index is 12.3. The predicted molar refractivity (Wildman–Crippen MR) is 90.9 cm³/mol. The second kappa shape index (κ2) is 6.26. The number of anilines is 1. The van der Waals surface area contributed by atoms with E-state index in [4.69, 9.17) is 10.3 Å². The van der Waals surface area contributed by atoms with Crippen LogP contribution in [0.3, 0.4) is 0 Å². The van der Waals surface area contributed by atoms with Gasteiger partial charge < -0.3 is 5.32 Å². The highest BCUT2D eigenvalue weighted by Gasteiger charge is 2.20. The fourth-order valence-electron chi connectivity index (χ4n) is 1.99. The van der Waals surface area contributed by atoms with Crippen molar-refractivity contribution in [2.45, 2.75) is 23.0 Å². The molecule has 0 aliphatic rings. The molecule has 0 unspecified atom stereocenters. The number of primary sulfonamides is 2. The molecule has 0 aliphatic carbocycles. The van der Waals surface area contributed by atoms with Crippen LogP contribution in [0.4, 0.5) is 5.69 Å². The Labute approximate surface area is 143 Å². The Morgan fingerprint density at radius 1 is 1.00 bits per heavy atom. The average Bonchev–Trinajstić information content (AvgIpc) is 2.82. The lowest BCUT2D eigenvalue weighted by Gasteiger charge is -2.08. The molecular formula is C13H15N3O5S3. The Balaban J connectivity index is 2.36. The van der Waals surface area contributed by atoms with Crippen molar-refractivity contribution in [1.82, 2.24) is 0 Å². The summed E-state index contributed by atoms with van der Waals surface area (Å²) in [7, 11) is -7.82. The number of carbonyl (C=O) groups is 1. The van der Waals surface area contributed by atoms with Crippen LogP contribution in [-0.4, -0.2) is 22.7 Å². The lowest BCUT2D eigenvalue weighted by Crippen LogP contribution is -2.16. The van der Waals surface area contributed by atoms with Crippen LogP contribution in [0.1, 0.15) is 20.8 Å². The van der Waals surface area contributed by atoms with E-state index in [1.54, 1.807) is 13.8 Å². The number of hydrogen-bond acceptors (Lipinski definition) is 6. The normalized spacial score (nSPS) is 12.2. The van der Waals surface area contributed by atoms with Gasteiger partial charge in [-0.05, 0) is 43.2 Å². The van der Waals surface area contributed by atoms with Crippen molar-refractivity contribution in [3.05, 3.63) is 40.3 Å². The molecule has 0 fully saturated rings. The Kier molecular flexibility index (Phi) is 4.84. The Bertz CT molecular complexity index is 1020. The molecule has 1 heterocycles. The van der Waals surface area contributed by atoms with Gasteiger partial charge in [0.15, 0.2) is 0 Å². The smallest absolute Gasteiger partial charge is 0.266 e. The van der Waals surface area contributed by atoms with Gasteiger partial charge in [-0.3, -0.25) is 4.79 Å². The van der Waals surface area contributed by atoms with Crippen molar-refractivity contribution >= 4 is 43.0 Å². The van der Waals surface area contributed by atoms with Crippen LogP contribution in [0.2, 0.25) is 0 Å². The minimum Gasteiger partial charge on any atom is -0.321 e. The molecule has 0 saturated carbocycles. The SMILES string of the molecule is Cc1ccc(NC(=O)c2sc(S(N)(=O)=O)cc2C)cc1S(N)(=O)=O. The van der Waals surface area contributed by atoms with E-state index in [0.29, 0.717) is 11.1 Å². The van der Waals surface area contributed by atoms with Gasteiger partial charge in [-0.1, -0.05) is 6.07 Å². The zero-order valence-electron chi connectivity index (χ0n) is 12.7. The molecular weight excluding hydrogens is 374 g/mol. The van der Waals surface area contributed by atoms with Crippen molar-refractivity contribution < 1.29 is 21.6 Å². The summed E-state index contributed by atoms with van der Waals surface area (Å²) < 4.78 is 45.6. The lowest BCUT2D eigenvalue weighted by atomic mass is 10.2. The fraction of sp³-hybridized carbons (Fsp3) is 0.154. The van der Waals surface area contributed by atoms with Crippen LogP contribution in [0.5, 0.6) is 0 Å². The first-order valence-electron chi connectivity index (χ1n) is 6.47. The summed E-state index contributed by atoms with van der Waals surface area (Å²) in [5.74, 6) is -0.573. The third-order valence-corrected chi connectivity index (χ3v) is 6.84. The standard InChI is InChI=1S/C13H15N3O5S3/c1-7-3-4-9(6-10(7)23(14,18)19)16-13(17)12-8(2)5-11(22-12)24(15,20)21/h3-6H,1-2H3,(H,16,17)(H2,14,18,19)(H2,15,20,21). The lowest BCUT2D eigenvalue weighted by molar-refractivity contribution is 0.103. The third-order valence-electron chi connectivity index (χ3n) is 3.13. The Morgan fingerprint density at radius 3 is 2.12 bits per heavy atom. The number of sulfonamides is 2. The van der Waals surface area contributed by atoms with E-state index < -0.39 is 26.0 Å². The minimum atomic E-state index is -3.92. The molecule has 1 aromatic heterocycles. The van der Waals surface area contributed by atoms with E-state index in [1.165, 1.54) is 24.3 Å². The van der Waals surface area contributed by atoms with E-state index in [0.717, 1.165) is 11.3 Å². The molecule has 1 aromatic carbocycles. The van der Waals surface area contributed by atoms with E-state index >= 15 is 0 Å². The van der Waals surface area contributed by atoms with E-state index in [2.05, 4.69) is 5.32 Å². The number of amides is 1. The molecule has 0 atom stereocenters. The van der Waals surface area contributed by atoms with Gasteiger partial charge in [-0.2, -0.15) is 0 Å². The second-order valence-electron chi connectivity index (χ2n) is 5.10. The number of nitrogens with one attached hydrogen (secondary N) is 1. The maximum Gasteiger partial charge on any atom is 0.266 e. The molecule has 0 radical (unpaired) electrons. The van der Waals surface area contributed by atoms with Crippen LogP contribution in [0.25, 0.3) is 0 Å². The molecule has 0 bridgehead atoms. The molecule has 0 aliphatic heterocycles. The van der Waals surface area contributed by atoms with Crippen LogP contribution in [0.15, 0.2) is 33.4 Å². The maximum absolute atomic E-state index is 12.3. The number of carbonyl (C=O) groups excluding carboxylic acids is 1. The van der Waals surface area contributed by atoms with Gasteiger partial charge in [0.25, 0.3) is 5.91 Å². The third kappa shape index (κ3) is 3.99. The van der Waals surface area contributed by atoms with Gasteiger partial charge in [0.2, 0.25) is 20.0 Å². The summed E-state index contributed by atoms with van der Waals surface area (Å²) in [5.41, 5.74) is 1.11. The van der Waals surface area contributed by atoms with Crippen molar-refractivity contribution in [3.8, 4) is 0 Å². The molecule has 11 heteroatoms. The summed E-state index contributed by atoms with van der Waals surface area (Å²) in [6, 6.07) is 5.57. The molecule has 24 heavy (non-hydrogen) atoms. The molecule has 1 amide bonds. The highest BCUT2D eigenvalue weighted by Crippen LogP contribution is 2.26. The van der Waals surface area contributed by atoms with E-state index in [-0.39, 0.29) is 19.7 Å². The first-order chi connectivity index (χ1) is 10.9. The number of aryl methyl sites for hydroxylation is 2. The van der Waals surface area contributed by atoms with Gasteiger partial charge in [-0.15, -0.1) is 11.3 Å². The van der Waals surface area contributed by atoms with E-state index in [1.807, 2.05) is 0 Å². The Morgan fingerprint density at radius 2 is 1.62 bits per heavy atom. The van der Waals surface area contributed by atoms with Crippen LogP contribution >= 0.6 is 11.3 Å². The summed E-state index contributed by atoms with van der Waals surface area (Å²) in [6.45, 7) is 3.15. The molecule has 5 N–H and O–H groups in total. The summed E-state index contributed by atoms with van der Waals surface area (Å²) >= 11 is 0.739. The largest absolute Gasteiger partial charge is 0.321 e. The average molecular weight is 389 g/mol. The number of nitrogens with two attached hydrogens (primary N) is 2. The first-order valence-corrected chi connectivity index (χ1v) is 10.4. The zero-order chi connectivity index (χ0) is 18.3. The molecule has 0 spiro atoms. The number of benzene rings is 1. The quantitative estimate of drug-likeness (QED) is 0.710. The Hall–Kier alpha value is -1.79. The molecule has 8 nitrogen and oxygen atoms in total. The van der Waals surface area contributed by atoms with Gasteiger partial charge in [0.05, 0.1) is 9.77 Å². The van der Waals surface area contributed by atoms with Crippen molar-refractivity contribution in [3.63, 3.8) is 0 Å². The molecule has 0 saturated heterocycles. The molecule has 130 valence electrons.